The molecule has 0 saturated heterocycles. The van der Waals surface area contributed by atoms with Gasteiger partial charge in [-0.2, -0.15) is 0 Å². The van der Waals surface area contributed by atoms with Crippen molar-refractivity contribution in [2.45, 2.75) is 32.6 Å². The van der Waals surface area contributed by atoms with Crippen LogP contribution in [0.25, 0.3) is 11.3 Å². The highest BCUT2D eigenvalue weighted by molar-refractivity contribution is 7.09. The highest BCUT2D eigenvalue weighted by Crippen LogP contribution is 2.30. The van der Waals surface area contributed by atoms with Gasteiger partial charge in [0.05, 0.1) is 16.6 Å². The van der Waals surface area contributed by atoms with E-state index in [-0.39, 0.29) is 17.7 Å². The van der Waals surface area contributed by atoms with Crippen LogP contribution in [-0.2, 0) is 9.59 Å². The first-order valence-electron chi connectivity index (χ1n) is 8.09. The van der Waals surface area contributed by atoms with Crippen LogP contribution in [0.3, 0.4) is 0 Å². The number of thiazole rings is 1. The van der Waals surface area contributed by atoms with Crippen molar-refractivity contribution in [2.24, 2.45) is 11.8 Å². The van der Waals surface area contributed by atoms with Crippen LogP contribution in [0.4, 0.5) is 5.69 Å². The van der Waals surface area contributed by atoms with Gasteiger partial charge in [-0.1, -0.05) is 12.1 Å². The minimum absolute atomic E-state index is 0.0175. The molecule has 1 saturated carbocycles. The summed E-state index contributed by atoms with van der Waals surface area (Å²) in [6, 6.07) is 7.66. The highest BCUT2D eigenvalue weighted by Gasteiger charge is 2.29. The largest absolute Gasteiger partial charge is 0.481 e. The maximum absolute atomic E-state index is 12.3. The number of carboxylic acid groups (broad SMARTS) is 1. The second kappa shape index (κ2) is 7.13. The third kappa shape index (κ3) is 3.82. The van der Waals surface area contributed by atoms with Crippen molar-refractivity contribution in [3.8, 4) is 11.3 Å². The van der Waals surface area contributed by atoms with E-state index in [0.717, 1.165) is 22.0 Å². The summed E-state index contributed by atoms with van der Waals surface area (Å²) in [5.41, 5.74) is 2.73. The predicted molar refractivity (Wildman–Crippen MR) is 94.0 cm³/mol. The van der Waals surface area contributed by atoms with Crippen LogP contribution in [0.5, 0.6) is 0 Å². The van der Waals surface area contributed by atoms with Gasteiger partial charge in [0.15, 0.2) is 0 Å². The van der Waals surface area contributed by atoms with E-state index in [1.54, 1.807) is 11.3 Å². The van der Waals surface area contributed by atoms with E-state index in [1.165, 1.54) is 0 Å². The Hall–Kier alpha value is -2.21. The molecule has 1 heterocycles. The maximum Gasteiger partial charge on any atom is 0.306 e. The van der Waals surface area contributed by atoms with E-state index >= 15 is 0 Å². The first-order chi connectivity index (χ1) is 11.5. The van der Waals surface area contributed by atoms with Gasteiger partial charge in [0.1, 0.15) is 0 Å². The minimum atomic E-state index is -0.748. The van der Waals surface area contributed by atoms with Crippen molar-refractivity contribution in [1.29, 1.82) is 0 Å². The van der Waals surface area contributed by atoms with E-state index in [0.29, 0.717) is 25.7 Å². The van der Waals surface area contributed by atoms with Crippen molar-refractivity contribution in [1.82, 2.24) is 4.98 Å². The van der Waals surface area contributed by atoms with E-state index in [4.69, 9.17) is 5.11 Å². The Morgan fingerprint density at radius 2 is 1.75 bits per heavy atom. The molecule has 1 fully saturated rings. The first kappa shape index (κ1) is 16.6. The van der Waals surface area contributed by atoms with Crippen molar-refractivity contribution in [2.75, 3.05) is 5.32 Å². The van der Waals surface area contributed by atoms with Gasteiger partial charge in [-0.3, -0.25) is 9.59 Å². The molecule has 24 heavy (non-hydrogen) atoms. The predicted octanol–water partition coefficient (Wildman–Crippen LogP) is 3.95. The van der Waals surface area contributed by atoms with Gasteiger partial charge < -0.3 is 10.4 Å². The Balaban J connectivity index is 1.58. The normalized spacial score (nSPS) is 20.5. The molecule has 1 amide bonds. The smallest absolute Gasteiger partial charge is 0.306 e. The first-order valence-corrected chi connectivity index (χ1v) is 8.97. The zero-order chi connectivity index (χ0) is 17.1. The number of carbonyl (C=O) groups is 2. The number of hydrogen-bond donors (Lipinski definition) is 2. The number of nitrogens with one attached hydrogen (secondary N) is 1. The van der Waals surface area contributed by atoms with E-state index in [2.05, 4.69) is 10.3 Å². The molecule has 5 nitrogen and oxygen atoms in total. The molecule has 1 aliphatic rings. The number of nitrogens with zero attached hydrogens (tertiary/aromatic N) is 1. The molecule has 0 unspecified atom stereocenters. The summed E-state index contributed by atoms with van der Waals surface area (Å²) in [4.78, 5) is 27.7. The SMILES string of the molecule is Cc1nc(-c2ccc(NC(=O)C3CCC(C(=O)O)CC3)cc2)cs1. The molecule has 0 atom stereocenters. The average Bonchev–Trinajstić information content (AvgIpc) is 3.02. The van der Waals surface area contributed by atoms with Gasteiger partial charge in [-0.25, -0.2) is 4.98 Å². The van der Waals surface area contributed by atoms with Crippen LogP contribution in [-0.4, -0.2) is 22.0 Å². The molecule has 2 N–H and O–H groups in total. The summed E-state index contributed by atoms with van der Waals surface area (Å²) in [5, 5.41) is 15.0. The Morgan fingerprint density at radius 1 is 1.12 bits per heavy atom. The fourth-order valence-electron chi connectivity index (χ4n) is 3.07. The molecular formula is C18H20N2O3S. The Labute approximate surface area is 144 Å². The summed E-state index contributed by atoms with van der Waals surface area (Å²) >= 11 is 1.61. The highest BCUT2D eigenvalue weighted by atomic mass is 32.1. The van der Waals surface area contributed by atoms with Crippen molar-refractivity contribution >= 4 is 28.9 Å². The minimum Gasteiger partial charge on any atom is -0.481 e. The molecule has 2 aromatic rings. The second-order valence-electron chi connectivity index (χ2n) is 6.21. The summed E-state index contributed by atoms with van der Waals surface area (Å²) in [6.45, 7) is 1.97. The van der Waals surface area contributed by atoms with Crippen molar-refractivity contribution < 1.29 is 14.7 Å². The molecule has 126 valence electrons. The third-order valence-electron chi connectivity index (χ3n) is 4.51. The molecule has 0 spiro atoms. The number of carboxylic acids is 1. The second-order valence-corrected chi connectivity index (χ2v) is 7.27. The molecular weight excluding hydrogens is 324 g/mol. The molecule has 1 aliphatic carbocycles. The standard InChI is InChI=1S/C18H20N2O3S/c1-11-19-16(10-24-11)12-6-8-15(9-7-12)20-17(21)13-2-4-14(5-3-13)18(22)23/h6-10,13-14H,2-5H2,1H3,(H,20,21)(H,22,23). The van der Waals surface area contributed by atoms with E-state index in [1.807, 2.05) is 36.6 Å². The topological polar surface area (TPSA) is 79.3 Å². The summed E-state index contributed by atoms with van der Waals surface area (Å²) in [7, 11) is 0. The van der Waals surface area contributed by atoms with Crippen molar-refractivity contribution in [3.05, 3.63) is 34.7 Å². The zero-order valence-electron chi connectivity index (χ0n) is 13.5. The van der Waals surface area contributed by atoms with E-state index in [9.17, 15) is 9.59 Å². The number of rotatable bonds is 4. The molecule has 1 aromatic carbocycles. The molecule has 0 aliphatic heterocycles. The number of anilines is 1. The lowest BCUT2D eigenvalue weighted by atomic mass is 9.81. The fraction of sp³-hybridized carbons (Fsp3) is 0.389. The Bertz CT molecular complexity index is 731. The Morgan fingerprint density at radius 3 is 2.29 bits per heavy atom. The van der Waals surface area contributed by atoms with Crippen LogP contribution in [0.15, 0.2) is 29.6 Å². The number of amides is 1. The van der Waals surface area contributed by atoms with Crippen molar-refractivity contribution in [3.63, 3.8) is 0 Å². The summed E-state index contributed by atoms with van der Waals surface area (Å²) in [6.07, 6.45) is 2.43. The van der Waals surface area contributed by atoms with Gasteiger partial charge >= 0.3 is 5.97 Å². The number of aryl methyl sites for hydroxylation is 1. The number of benzene rings is 1. The monoisotopic (exact) mass is 344 g/mol. The molecule has 6 heteroatoms. The molecule has 0 bridgehead atoms. The van der Waals surface area contributed by atoms with Gasteiger partial charge in [-0.05, 0) is 44.7 Å². The molecule has 1 aromatic heterocycles. The van der Waals surface area contributed by atoms with Crippen LogP contribution >= 0.6 is 11.3 Å². The fourth-order valence-corrected chi connectivity index (χ4v) is 3.69. The zero-order valence-corrected chi connectivity index (χ0v) is 14.3. The van der Waals surface area contributed by atoms with Crippen LogP contribution < -0.4 is 5.32 Å². The quantitative estimate of drug-likeness (QED) is 0.880. The Kier molecular flexibility index (Phi) is 4.94. The summed E-state index contributed by atoms with van der Waals surface area (Å²) in [5.74, 6) is -1.16. The van der Waals surface area contributed by atoms with Crippen LogP contribution in [0, 0.1) is 18.8 Å². The lowest BCUT2D eigenvalue weighted by Gasteiger charge is -2.25. The van der Waals surface area contributed by atoms with E-state index < -0.39 is 5.97 Å². The average molecular weight is 344 g/mol. The van der Waals surface area contributed by atoms with Gasteiger partial charge in [0.2, 0.25) is 5.91 Å². The van der Waals surface area contributed by atoms with Gasteiger partial charge in [0, 0.05) is 22.5 Å². The van der Waals surface area contributed by atoms with Gasteiger partial charge in [-0.15, -0.1) is 11.3 Å². The lowest BCUT2D eigenvalue weighted by molar-refractivity contribution is -0.143. The van der Waals surface area contributed by atoms with Crippen LogP contribution in [0.1, 0.15) is 30.7 Å². The lowest BCUT2D eigenvalue weighted by Crippen LogP contribution is -2.29. The van der Waals surface area contributed by atoms with Gasteiger partial charge in [0.25, 0.3) is 0 Å². The summed E-state index contributed by atoms with van der Waals surface area (Å²) < 4.78 is 0. The molecule has 3 rings (SSSR count). The number of hydrogen-bond acceptors (Lipinski definition) is 4. The number of aliphatic carboxylic acids is 1. The number of aromatic nitrogens is 1. The molecule has 0 radical (unpaired) electrons. The van der Waals surface area contributed by atoms with Crippen LogP contribution in [0.2, 0.25) is 0 Å². The maximum atomic E-state index is 12.3. The number of carbonyl (C=O) groups excluding carboxylic acids is 1. The third-order valence-corrected chi connectivity index (χ3v) is 5.29.